The molecule has 1 rings (SSSR count). The molecule has 17 heavy (non-hydrogen) atoms. The predicted molar refractivity (Wildman–Crippen MR) is 63.6 cm³/mol. The van der Waals surface area contributed by atoms with Gasteiger partial charge in [0.1, 0.15) is 5.75 Å². The van der Waals surface area contributed by atoms with Gasteiger partial charge < -0.3 is 14.8 Å². The van der Waals surface area contributed by atoms with E-state index in [1.54, 1.807) is 0 Å². The fraction of sp³-hybridized carbons (Fsp3) is 0.273. The number of esters is 1. The van der Waals surface area contributed by atoms with Crippen LogP contribution in [0.25, 0.3) is 0 Å². The first kappa shape index (κ1) is 13.3. The first-order valence-corrected chi connectivity index (χ1v) is 5.10. The maximum Gasteiger partial charge on any atom is 0.339 e. The van der Waals surface area contributed by atoms with Crippen molar-refractivity contribution < 1.29 is 19.1 Å². The topological polar surface area (TPSA) is 64.6 Å². The third-order valence-corrected chi connectivity index (χ3v) is 2.32. The van der Waals surface area contributed by atoms with Gasteiger partial charge in [-0.15, -0.1) is 0 Å². The average molecular weight is 258 g/mol. The Morgan fingerprint density at radius 1 is 1.29 bits per heavy atom. The Kier molecular flexibility index (Phi) is 4.34. The van der Waals surface area contributed by atoms with Crippen LogP contribution in [-0.4, -0.2) is 26.1 Å². The van der Waals surface area contributed by atoms with Gasteiger partial charge in [0, 0.05) is 13.0 Å². The molecule has 0 unspecified atom stereocenters. The largest absolute Gasteiger partial charge is 0.495 e. The number of carbonyl (C=O) groups excluding carboxylic acids is 2. The van der Waals surface area contributed by atoms with Gasteiger partial charge in [0.2, 0.25) is 5.91 Å². The standard InChI is InChI=1S/C11H12ClNO4/c1-6(14)13-9-4-7(11(15)17-3)8(12)5-10(9)16-2/h4-5H,1-3H3,(H,13,14). The van der Waals surface area contributed by atoms with Crippen LogP contribution in [0.1, 0.15) is 17.3 Å². The van der Waals surface area contributed by atoms with Gasteiger partial charge in [0.15, 0.2) is 0 Å². The van der Waals surface area contributed by atoms with Gasteiger partial charge >= 0.3 is 5.97 Å². The summed E-state index contributed by atoms with van der Waals surface area (Å²) in [4.78, 5) is 22.4. The molecular weight excluding hydrogens is 246 g/mol. The van der Waals surface area contributed by atoms with E-state index in [-0.39, 0.29) is 16.5 Å². The van der Waals surface area contributed by atoms with Crippen LogP contribution in [0.3, 0.4) is 0 Å². The van der Waals surface area contributed by atoms with Crippen molar-refractivity contribution in [3.05, 3.63) is 22.7 Å². The van der Waals surface area contributed by atoms with Crippen LogP contribution in [0.5, 0.6) is 5.75 Å². The maximum atomic E-state index is 11.4. The SMILES string of the molecule is COC(=O)c1cc(NC(C)=O)c(OC)cc1Cl. The van der Waals surface area contributed by atoms with Crippen molar-refractivity contribution in [1.82, 2.24) is 0 Å². The smallest absolute Gasteiger partial charge is 0.339 e. The highest BCUT2D eigenvalue weighted by atomic mass is 35.5. The lowest BCUT2D eigenvalue weighted by atomic mass is 10.2. The van der Waals surface area contributed by atoms with Crippen molar-refractivity contribution in [3.63, 3.8) is 0 Å². The van der Waals surface area contributed by atoms with E-state index in [0.717, 1.165) is 0 Å². The predicted octanol–water partition coefficient (Wildman–Crippen LogP) is 2.09. The van der Waals surface area contributed by atoms with Gasteiger partial charge in [0.25, 0.3) is 0 Å². The molecular formula is C11H12ClNO4. The van der Waals surface area contributed by atoms with Gasteiger partial charge in [0.05, 0.1) is 30.5 Å². The molecule has 0 fully saturated rings. The molecule has 0 heterocycles. The van der Waals surface area contributed by atoms with E-state index in [1.165, 1.54) is 33.3 Å². The highest BCUT2D eigenvalue weighted by Crippen LogP contribution is 2.31. The third kappa shape index (κ3) is 3.10. The number of rotatable bonds is 3. The summed E-state index contributed by atoms with van der Waals surface area (Å²) >= 11 is 5.90. The number of ether oxygens (including phenoxy) is 2. The maximum absolute atomic E-state index is 11.4. The summed E-state index contributed by atoms with van der Waals surface area (Å²) in [5, 5.41) is 2.74. The molecule has 92 valence electrons. The van der Waals surface area contributed by atoms with Crippen molar-refractivity contribution in [2.24, 2.45) is 0 Å². The van der Waals surface area contributed by atoms with Gasteiger partial charge in [-0.3, -0.25) is 4.79 Å². The lowest BCUT2D eigenvalue weighted by Gasteiger charge is -2.11. The van der Waals surface area contributed by atoms with Gasteiger partial charge in [-0.25, -0.2) is 4.79 Å². The molecule has 6 heteroatoms. The molecule has 0 saturated heterocycles. The number of hydrogen-bond donors (Lipinski definition) is 1. The van der Waals surface area contributed by atoms with Crippen LogP contribution < -0.4 is 10.1 Å². The number of halogens is 1. The van der Waals surface area contributed by atoms with Crippen LogP contribution in [0.4, 0.5) is 5.69 Å². The number of carbonyl (C=O) groups is 2. The summed E-state index contributed by atoms with van der Waals surface area (Å²) in [6.07, 6.45) is 0. The van der Waals surface area contributed by atoms with E-state index >= 15 is 0 Å². The monoisotopic (exact) mass is 257 g/mol. The number of amides is 1. The first-order chi connectivity index (χ1) is 7.99. The van der Waals surface area contributed by atoms with Gasteiger partial charge in [-0.1, -0.05) is 11.6 Å². The normalized spacial score (nSPS) is 9.65. The molecule has 0 spiro atoms. The molecule has 5 nitrogen and oxygen atoms in total. The fourth-order valence-corrected chi connectivity index (χ4v) is 1.51. The summed E-state index contributed by atoms with van der Waals surface area (Å²) in [7, 11) is 2.69. The Bertz CT molecular complexity index is 459. The van der Waals surface area contributed by atoms with Crippen LogP contribution in [-0.2, 0) is 9.53 Å². The second kappa shape index (κ2) is 5.54. The zero-order valence-electron chi connectivity index (χ0n) is 9.67. The Morgan fingerprint density at radius 3 is 2.41 bits per heavy atom. The Labute approximate surface area is 104 Å². The number of hydrogen-bond acceptors (Lipinski definition) is 4. The van der Waals surface area contributed by atoms with Crippen LogP contribution >= 0.6 is 11.6 Å². The molecule has 1 N–H and O–H groups in total. The molecule has 1 amide bonds. The van der Waals surface area contributed by atoms with Gasteiger partial charge in [-0.2, -0.15) is 0 Å². The van der Waals surface area contributed by atoms with E-state index in [0.29, 0.717) is 11.4 Å². The molecule has 0 aliphatic carbocycles. The molecule has 1 aromatic carbocycles. The molecule has 0 atom stereocenters. The van der Waals surface area contributed by atoms with Crippen molar-refractivity contribution in [2.75, 3.05) is 19.5 Å². The lowest BCUT2D eigenvalue weighted by molar-refractivity contribution is -0.114. The number of nitrogens with one attached hydrogen (secondary N) is 1. The molecule has 0 aliphatic rings. The van der Waals surface area contributed by atoms with Crippen LogP contribution in [0.2, 0.25) is 5.02 Å². The highest BCUT2D eigenvalue weighted by molar-refractivity contribution is 6.34. The lowest BCUT2D eigenvalue weighted by Crippen LogP contribution is -2.09. The second-order valence-electron chi connectivity index (χ2n) is 3.21. The summed E-state index contributed by atoms with van der Waals surface area (Å²) in [6.45, 7) is 1.35. The summed E-state index contributed by atoms with van der Waals surface area (Å²) < 4.78 is 9.62. The van der Waals surface area contributed by atoms with Crippen LogP contribution in [0, 0.1) is 0 Å². The van der Waals surface area contributed by atoms with Crippen LogP contribution in [0.15, 0.2) is 12.1 Å². The summed E-state index contributed by atoms with van der Waals surface area (Å²) in [5.74, 6) is -0.483. The second-order valence-corrected chi connectivity index (χ2v) is 3.61. The summed E-state index contributed by atoms with van der Waals surface area (Å²) in [6, 6.07) is 2.85. The number of benzene rings is 1. The molecule has 0 saturated carbocycles. The molecule has 0 bridgehead atoms. The third-order valence-electron chi connectivity index (χ3n) is 2.01. The number of anilines is 1. The Morgan fingerprint density at radius 2 is 1.94 bits per heavy atom. The first-order valence-electron chi connectivity index (χ1n) is 4.73. The minimum Gasteiger partial charge on any atom is -0.495 e. The minimum absolute atomic E-state index is 0.165. The number of methoxy groups -OCH3 is 2. The minimum atomic E-state index is -0.579. The average Bonchev–Trinajstić information content (AvgIpc) is 2.29. The van der Waals surface area contributed by atoms with E-state index < -0.39 is 5.97 Å². The highest BCUT2D eigenvalue weighted by Gasteiger charge is 2.16. The van der Waals surface area contributed by atoms with E-state index in [9.17, 15) is 9.59 Å². The van der Waals surface area contributed by atoms with Crippen molar-refractivity contribution in [3.8, 4) is 5.75 Å². The molecule has 0 aliphatic heterocycles. The van der Waals surface area contributed by atoms with E-state index in [2.05, 4.69) is 10.1 Å². The zero-order chi connectivity index (χ0) is 13.0. The quantitative estimate of drug-likeness (QED) is 0.842. The Balaban J connectivity index is 3.26. The van der Waals surface area contributed by atoms with Crippen molar-refractivity contribution in [2.45, 2.75) is 6.92 Å². The molecule has 1 aromatic rings. The molecule has 0 aromatic heterocycles. The van der Waals surface area contributed by atoms with E-state index in [1.807, 2.05) is 0 Å². The fourth-order valence-electron chi connectivity index (χ4n) is 1.28. The summed E-state index contributed by atoms with van der Waals surface area (Å²) in [5.41, 5.74) is 0.531. The van der Waals surface area contributed by atoms with Gasteiger partial charge in [-0.05, 0) is 6.07 Å². The van der Waals surface area contributed by atoms with E-state index in [4.69, 9.17) is 16.3 Å². The van der Waals surface area contributed by atoms with Crippen molar-refractivity contribution in [1.29, 1.82) is 0 Å². The Hall–Kier alpha value is -1.75. The zero-order valence-corrected chi connectivity index (χ0v) is 10.4. The molecule has 0 radical (unpaired) electrons. The van der Waals surface area contributed by atoms with Crippen molar-refractivity contribution >= 4 is 29.2 Å².